The summed E-state index contributed by atoms with van der Waals surface area (Å²) in [5.74, 6) is 0.409. The molecule has 3 heterocycles. The molecule has 0 spiro atoms. The highest BCUT2D eigenvalue weighted by Crippen LogP contribution is 2.38. The molecule has 0 aliphatic rings. The van der Waals surface area contributed by atoms with Crippen LogP contribution in [0, 0.1) is 0 Å². The summed E-state index contributed by atoms with van der Waals surface area (Å²) in [6.45, 7) is 4.36. The van der Waals surface area contributed by atoms with Crippen LogP contribution in [0.15, 0.2) is 89.7 Å². The van der Waals surface area contributed by atoms with E-state index in [0.717, 1.165) is 33.2 Å². The molecule has 0 aliphatic heterocycles. The molecule has 0 unspecified atom stereocenters. The summed E-state index contributed by atoms with van der Waals surface area (Å²) in [6, 6.07) is 21.9. The van der Waals surface area contributed by atoms with Gasteiger partial charge < -0.3 is 4.42 Å². The van der Waals surface area contributed by atoms with Gasteiger partial charge >= 0.3 is 0 Å². The zero-order valence-corrected chi connectivity index (χ0v) is 17.1. The molecule has 0 aliphatic carbocycles. The molecule has 0 saturated carbocycles. The average Bonchev–Trinajstić information content (AvgIpc) is 3.14. The Morgan fingerprint density at radius 3 is 2.14 bits per heavy atom. The van der Waals surface area contributed by atoms with Crippen LogP contribution >= 0.6 is 11.6 Å². The molecule has 2 aromatic carbocycles. The van der Waals surface area contributed by atoms with E-state index >= 15 is 0 Å². The minimum atomic E-state index is 0.409. The number of rotatable bonds is 2. The van der Waals surface area contributed by atoms with Gasteiger partial charge in [0.15, 0.2) is 0 Å². The summed E-state index contributed by atoms with van der Waals surface area (Å²) in [4.78, 5) is 8.23. The third kappa shape index (κ3) is 4.01. The van der Waals surface area contributed by atoms with Crippen molar-refractivity contribution in [1.29, 1.82) is 0 Å². The number of halogens is 1. The summed E-state index contributed by atoms with van der Waals surface area (Å²) in [6.07, 6.45) is 5.22. The first-order valence-electron chi connectivity index (χ1n) is 9.56. The van der Waals surface area contributed by atoms with Crippen LogP contribution < -0.4 is 0 Å². The molecular formula is C25H21ClN2O. The molecule has 0 radical (unpaired) electrons. The second-order valence-electron chi connectivity index (χ2n) is 7.05. The van der Waals surface area contributed by atoms with E-state index in [1.165, 1.54) is 5.56 Å². The molecule has 144 valence electrons. The van der Waals surface area contributed by atoms with Crippen molar-refractivity contribution in [1.82, 2.24) is 9.97 Å². The molecule has 5 aromatic rings. The second kappa shape index (κ2) is 8.46. The third-order valence-electron chi connectivity index (χ3n) is 4.74. The maximum Gasteiger partial charge on any atom is 0.144 e. The van der Waals surface area contributed by atoms with E-state index in [9.17, 15) is 0 Å². The fraction of sp³-hybridized carbons (Fsp3) is 0.120. The molecule has 0 N–H and O–H groups in total. The van der Waals surface area contributed by atoms with E-state index < -0.39 is 0 Å². The van der Waals surface area contributed by atoms with Gasteiger partial charge in [-0.2, -0.15) is 0 Å². The molecule has 29 heavy (non-hydrogen) atoms. The number of hydrogen-bond acceptors (Lipinski definition) is 3. The van der Waals surface area contributed by atoms with Gasteiger partial charge in [-0.25, -0.2) is 0 Å². The van der Waals surface area contributed by atoms with Crippen LogP contribution in [0.3, 0.4) is 0 Å². The average molecular weight is 401 g/mol. The number of fused-ring (bicyclic) bond motifs is 3. The van der Waals surface area contributed by atoms with Gasteiger partial charge in [-0.15, -0.1) is 0 Å². The SMILES string of the molecule is CC(C)c1cccc2c1oc1c(-c3cc(Cl)ccn3)cccc12.c1ccncc1. The minimum Gasteiger partial charge on any atom is -0.455 e. The highest BCUT2D eigenvalue weighted by molar-refractivity contribution is 6.30. The Labute approximate surface area is 175 Å². The molecule has 3 aromatic heterocycles. The molecule has 0 bridgehead atoms. The van der Waals surface area contributed by atoms with Gasteiger partial charge in [-0.05, 0) is 41.8 Å². The van der Waals surface area contributed by atoms with Crippen molar-refractivity contribution >= 4 is 33.5 Å². The Morgan fingerprint density at radius 2 is 1.52 bits per heavy atom. The number of nitrogens with zero attached hydrogens (tertiary/aromatic N) is 2. The number of para-hydroxylation sites is 2. The Kier molecular flexibility index (Phi) is 5.59. The van der Waals surface area contributed by atoms with E-state index in [2.05, 4.69) is 48.1 Å². The van der Waals surface area contributed by atoms with Crippen LogP contribution in [-0.4, -0.2) is 9.97 Å². The zero-order valence-electron chi connectivity index (χ0n) is 16.3. The van der Waals surface area contributed by atoms with E-state index in [-0.39, 0.29) is 0 Å². The lowest BCUT2D eigenvalue weighted by molar-refractivity contribution is 0.658. The molecule has 3 nitrogen and oxygen atoms in total. The van der Waals surface area contributed by atoms with Gasteiger partial charge in [0.05, 0.1) is 5.69 Å². The van der Waals surface area contributed by atoms with Gasteiger partial charge in [0.2, 0.25) is 0 Å². The van der Waals surface area contributed by atoms with Crippen LogP contribution in [0.25, 0.3) is 33.2 Å². The van der Waals surface area contributed by atoms with Gasteiger partial charge in [-0.3, -0.25) is 9.97 Å². The molecule has 0 fully saturated rings. The number of furan rings is 1. The fourth-order valence-corrected chi connectivity index (χ4v) is 3.52. The third-order valence-corrected chi connectivity index (χ3v) is 4.98. The lowest BCUT2D eigenvalue weighted by atomic mass is 10.00. The lowest BCUT2D eigenvalue weighted by Crippen LogP contribution is -1.86. The van der Waals surface area contributed by atoms with Crippen LogP contribution in [0.2, 0.25) is 5.02 Å². The van der Waals surface area contributed by atoms with Gasteiger partial charge in [0.25, 0.3) is 0 Å². The molecule has 5 rings (SSSR count). The monoisotopic (exact) mass is 400 g/mol. The van der Waals surface area contributed by atoms with Gasteiger partial charge in [-0.1, -0.05) is 61.8 Å². The van der Waals surface area contributed by atoms with Crippen LogP contribution in [0.1, 0.15) is 25.3 Å². The summed E-state index contributed by atoms with van der Waals surface area (Å²) in [5.41, 5.74) is 4.85. The molecule has 0 amide bonds. The smallest absolute Gasteiger partial charge is 0.144 e. The minimum absolute atomic E-state index is 0.409. The fourth-order valence-electron chi connectivity index (χ4n) is 3.36. The first-order chi connectivity index (χ1) is 14.1. The van der Waals surface area contributed by atoms with Crippen molar-refractivity contribution in [3.8, 4) is 11.3 Å². The van der Waals surface area contributed by atoms with Crippen molar-refractivity contribution in [3.63, 3.8) is 0 Å². The first-order valence-corrected chi connectivity index (χ1v) is 9.94. The van der Waals surface area contributed by atoms with Crippen molar-refractivity contribution in [2.45, 2.75) is 19.8 Å². The highest BCUT2D eigenvalue weighted by Gasteiger charge is 2.16. The standard InChI is InChI=1S/C20H16ClNO.C5H5N/c1-12(2)14-5-3-6-15-16-7-4-8-17(20(16)23-19(14)15)18-11-13(21)9-10-22-18;1-2-4-6-5-3-1/h3-12H,1-2H3;1-5H. The summed E-state index contributed by atoms with van der Waals surface area (Å²) in [5, 5.41) is 2.93. The topological polar surface area (TPSA) is 38.9 Å². The van der Waals surface area contributed by atoms with E-state index in [0.29, 0.717) is 10.9 Å². The first kappa shape index (κ1) is 19.2. The Bertz CT molecular complexity index is 1220. The van der Waals surface area contributed by atoms with Crippen LogP contribution in [-0.2, 0) is 0 Å². The Hall–Kier alpha value is -3.17. The van der Waals surface area contributed by atoms with E-state index in [1.807, 2.05) is 36.4 Å². The maximum atomic E-state index is 6.29. The number of benzene rings is 2. The summed E-state index contributed by atoms with van der Waals surface area (Å²) >= 11 is 6.12. The normalized spacial score (nSPS) is 10.9. The van der Waals surface area contributed by atoms with Gasteiger partial charge in [0, 0.05) is 39.9 Å². The quantitative estimate of drug-likeness (QED) is 0.308. The Balaban J connectivity index is 0.000000294. The Morgan fingerprint density at radius 1 is 0.793 bits per heavy atom. The number of hydrogen-bond donors (Lipinski definition) is 0. The predicted molar refractivity (Wildman–Crippen MR) is 120 cm³/mol. The molecule has 0 atom stereocenters. The summed E-state index contributed by atoms with van der Waals surface area (Å²) in [7, 11) is 0. The maximum absolute atomic E-state index is 6.29. The second-order valence-corrected chi connectivity index (χ2v) is 7.48. The zero-order chi connectivity index (χ0) is 20.2. The van der Waals surface area contributed by atoms with Gasteiger partial charge in [0.1, 0.15) is 11.2 Å². The summed E-state index contributed by atoms with van der Waals surface area (Å²) < 4.78 is 6.29. The van der Waals surface area contributed by atoms with Crippen molar-refractivity contribution in [2.24, 2.45) is 0 Å². The molecular weight excluding hydrogens is 380 g/mol. The molecule has 0 saturated heterocycles. The van der Waals surface area contributed by atoms with Crippen molar-refractivity contribution < 1.29 is 4.42 Å². The van der Waals surface area contributed by atoms with E-state index in [1.54, 1.807) is 24.7 Å². The lowest BCUT2D eigenvalue weighted by Gasteiger charge is -2.04. The molecule has 4 heteroatoms. The predicted octanol–water partition coefficient (Wildman–Crippen LogP) is 7.51. The number of aromatic nitrogens is 2. The number of pyridine rings is 2. The van der Waals surface area contributed by atoms with Crippen molar-refractivity contribution in [3.05, 3.63) is 95.9 Å². The van der Waals surface area contributed by atoms with E-state index in [4.69, 9.17) is 16.0 Å². The van der Waals surface area contributed by atoms with Crippen LogP contribution in [0.4, 0.5) is 0 Å². The van der Waals surface area contributed by atoms with Crippen LogP contribution in [0.5, 0.6) is 0 Å². The largest absolute Gasteiger partial charge is 0.455 e. The highest BCUT2D eigenvalue weighted by atomic mass is 35.5. The van der Waals surface area contributed by atoms with Crippen molar-refractivity contribution in [2.75, 3.05) is 0 Å².